The SMILES string of the molecule is CCN(CC1CCC1)C1CCCCCCCCCCC1O. The molecule has 0 amide bonds. The zero-order chi connectivity index (χ0) is 14.9. The molecule has 2 nitrogen and oxygen atoms in total. The van der Waals surface area contributed by atoms with E-state index in [-0.39, 0.29) is 6.10 Å². The van der Waals surface area contributed by atoms with E-state index in [1.165, 1.54) is 83.6 Å². The Balaban J connectivity index is 1.88. The second-order valence-electron chi connectivity index (χ2n) is 7.42. The Kier molecular flexibility index (Phi) is 8.10. The Labute approximate surface area is 132 Å². The van der Waals surface area contributed by atoms with Crippen LogP contribution < -0.4 is 0 Å². The molecule has 2 unspecified atom stereocenters. The zero-order valence-corrected chi connectivity index (χ0v) is 14.2. The number of likely N-dealkylation sites (N-methyl/N-ethyl adjacent to an activating group) is 1. The van der Waals surface area contributed by atoms with Gasteiger partial charge in [0.1, 0.15) is 0 Å². The molecule has 21 heavy (non-hydrogen) atoms. The first-order valence-electron chi connectivity index (χ1n) is 9.73. The van der Waals surface area contributed by atoms with Crippen molar-refractivity contribution >= 4 is 0 Å². The van der Waals surface area contributed by atoms with Crippen LogP contribution in [0.1, 0.15) is 90.4 Å². The molecule has 0 aromatic carbocycles. The van der Waals surface area contributed by atoms with E-state index in [2.05, 4.69) is 11.8 Å². The van der Waals surface area contributed by atoms with E-state index in [0.29, 0.717) is 6.04 Å². The minimum absolute atomic E-state index is 0.0931. The van der Waals surface area contributed by atoms with Gasteiger partial charge in [-0.1, -0.05) is 64.7 Å². The molecular weight excluding hydrogens is 258 g/mol. The van der Waals surface area contributed by atoms with Gasteiger partial charge in [0.2, 0.25) is 0 Å². The maximum absolute atomic E-state index is 10.7. The fourth-order valence-electron chi connectivity index (χ4n) is 4.08. The third-order valence-corrected chi connectivity index (χ3v) is 5.79. The van der Waals surface area contributed by atoms with Crippen molar-refractivity contribution < 1.29 is 5.11 Å². The standard InChI is InChI=1S/C19H37NO/c1-2-20(16-17-12-11-13-17)18-14-9-7-5-3-4-6-8-10-15-19(18)21/h17-19,21H,2-16H2,1H3. The molecule has 0 spiro atoms. The fourth-order valence-corrected chi connectivity index (χ4v) is 4.08. The molecule has 0 bridgehead atoms. The zero-order valence-electron chi connectivity index (χ0n) is 14.2. The molecule has 2 rings (SSSR count). The number of aliphatic hydroxyl groups excluding tert-OH is 1. The van der Waals surface area contributed by atoms with Crippen LogP contribution in [-0.4, -0.2) is 35.2 Å². The summed E-state index contributed by atoms with van der Waals surface area (Å²) in [6.45, 7) is 4.62. The molecule has 2 aliphatic rings. The summed E-state index contributed by atoms with van der Waals surface area (Å²) in [5.74, 6) is 0.915. The summed E-state index contributed by atoms with van der Waals surface area (Å²) in [5.41, 5.74) is 0. The van der Waals surface area contributed by atoms with Crippen molar-refractivity contribution in [2.75, 3.05) is 13.1 Å². The highest BCUT2D eigenvalue weighted by atomic mass is 16.3. The van der Waals surface area contributed by atoms with Gasteiger partial charge in [0, 0.05) is 12.6 Å². The Morgan fingerprint density at radius 1 is 0.762 bits per heavy atom. The van der Waals surface area contributed by atoms with E-state index < -0.39 is 0 Å². The van der Waals surface area contributed by atoms with Gasteiger partial charge in [0.25, 0.3) is 0 Å². The lowest BCUT2D eigenvalue weighted by atomic mass is 9.84. The monoisotopic (exact) mass is 295 g/mol. The smallest absolute Gasteiger partial charge is 0.0695 e. The lowest BCUT2D eigenvalue weighted by Gasteiger charge is -2.39. The Morgan fingerprint density at radius 2 is 1.33 bits per heavy atom. The molecular formula is C19H37NO. The van der Waals surface area contributed by atoms with Gasteiger partial charge in [-0.15, -0.1) is 0 Å². The summed E-state index contributed by atoms with van der Waals surface area (Å²) in [5, 5.41) is 10.7. The van der Waals surface area contributed by atoms with Crippen molar-refractivity contribution in [3.8, 4) is 0 Å². The summed E-state index contributed by atoms with van der Waals surface area (Å²) in [6, 6.07) is 0.426. The van der Waals surface area contributed by atoms with Crippen LogP contribution in [0.15, 0.2) is 0 Å². The van der Waals surface area contributed by atoms with Gasteiger partial charge < -0.3 is 5.11 Å². The minimum atomic E-state index is -0.0931. The van der Waals surface area contributed by atoms with Gasteiger partial charge >= 0.3 is 0 Å². The highest BCUT2D eigenvalue weighted by molar-refractivity contribution is 4.83. The predicted molar refractivity (Wildman–Crippen MR) is 90.6 cm³/mol. The van der Waals surface area contributed by atoms with Gasteiger partial charge in [0.15, 0.2) is 0 Å². The molecule has 0 saturated heterocycles. The molecule has 1 N–H and O–H groups in total. The minimum Gasteiger partial charge on any atom is -0.391 e. The molecule has 0 radical (unpaired) electrons. The fraction of sp³-hybridized carbons (Fsp3) is 1.00. The van der Waals surface area contributed by atoms with Crippen LogP contribution in [0.4, 0.5) is 0 Å². The van der Waals surface area contributed by atoms with E-state index in [0.717, 1.165) is 18.9 Å². The lowest BCUT2D eigenvalue weighted by molar-refractivity contribution is 0.0226. The van der Waals surface area contributed by atoms with Crippen LogP contribution >= 0.6 is 0 Å². The Bertz CT molecular complexity index is 264. The van der Waals surface area contributed by atoms with Gasteiger partial charge in [0.05, 0.1) is 6.10 Å². The van der Waals surface area contributed by atoms with E-state index in [1.807, 2.05) is 0 Å². The van der Waals surface area contributed by atoms with Gasteiger partial charge in [-0.3, -0.25) is 4.90 Å². The highest BCUT2D eigenvalue weighted by Gasteiger charge is 2.28. The molecule has 124 valence electrons. The molecule has 0 aromatic heterocycles. The summed E-state index contributed by atoms with van der Waals surface area (Å²) in [7, 11) is 0. The van der Waals surface area contributed by atoms with Crippen molar-refractivity contribution in [3.05, 3.63) is 0 Å². The molecule has 2 fully saturated rings. The van der Waals surface area contributed by atoms with Gasteiger partial charge in [-0.2, -0.15) is 0 Å². The van der Waals surface area contributed by atoms with Crippen molar-refractivity contribution in [2.45, 2.75) is 103 Å². The number of nitrogens with zero attached hydrogens (tertiary/aromatic N) is 1. The molecule has 2 aliphatic carbocycles. The quantitative estimate of drug-likeness (QED) is 0.809. The molecule has 2 saturated carbocycles. The lowest BCUT2D eigenvalue weighted by Crippen LogP contribution is -2.46. The van der Waals surface area contributed by atoms with Crippen LogP contribution in [-0.2, 0) is 0 Å². The Hall–Kier alpha value is -0.0800. The first-order valence-corrected chi connectivity index (χ1v) is 9.73. The number of rotatable bonds is 4. The molecule has 0 aromatic rings. The van der Waals surface area contributed by atoms with Crippen molar-refractivity contribution in [3.63, 3.8) is 0 Å². The van der Waals surface area contributed by atoms with E-state index >= 15 is 0 Å². The van der Waals surface area contributed by atoms with E-state index in [1.54, 1.807) is 0 Å². The van der Waals surface area contributed by atoms with E-state index in [4.69, 9.17) is 0 Å². The third-order valence-electron chi connectivity index (χ3n) is 5.79. The number of aliphatic hydroxyl groups is 1. The molecule has 0 aliphatic heterocycles. The summed E-state index contributed by atoms with van der Waals surface area (Å²) in [4.78, 5) is 2.61. The maximum Gasteiger partial charge on any atom is 0.0695 e. The first kappa shape index (κ1) is 17.3. The largest absolute Gasteiger partial charge is 0.391 e. The molecule has 2 heteroatoms. The van der Waals surface area contributed by atoms with Crippen LogP contribution in [0.3, 0.4) is 0 Å². The van der Waals surface area contributed by atoms with Crippen LogP contribution in [0.2, 0.25) is 0 Å². The van der Waals surface area contributed by atoms with Crippen LogP contribution in [0.5, 0.6) is 0 Å². The average molecular weight is 296 g/mol. The van der Waals surface area contributed by atoms with Crippen molar-refractivity contribution in [1.29, 1.82) is 0 Å². The first-order chi connectivity index (χ1) is 10.3. The highest BCUT2D eigenvalue weighted by Crippen LogP contribution is 2.29. The summed E-state index contributed by atoms with van der Waals surface area (Å²) >= 11 is 0. The number of hydrogen-bond acceptors (Lipinski definition) is 2. The van der Waals surface area contributed by atoms with Gasteiger partial charge in [-0.25, -0.2) is 0 Å². The maximum atomic E-state index is 10.7. The van der Waals surface area contributed by atoms with Gasteiger partial charge in [-0.05, 0) is 38.1 Å². The normalized spacial score (nSPS) is 30.4. The van der Waals surface area contributed by atoms with Crippen LogP contribution in [0.25, 0.3) is 0 Å². The molecule has 2 atom stereocenters. The Morgan fingerprint density at radius 3 is 1.86 bits per heavy atom. The van der Waals surface area contributed by atoms with Crippen LogP contribution in [0, 0.1) is 5.92 Å². The summed E-state index contributed by atoms with van der Waals surface area (Å²) < 4.78 is 0. The molecule has 0 heterocycles. The van der Waals surface area contributed by atoms with E-state index in [9.17, 15) is 5.11 Å². The van der Waals surface area contributed by atoms with Crippen molar-refractivity contribution in [2.24, 2.45) is 5.92 Å². The topological polar surface area (TPSA) is 23.5 Å². The second kappa shape index (κ2) is 9.84. The van der Waals surface area contributed by atoms with Crippen molar-refractivity contribution in [1.82, 2.24) is 4.90 Å². The average Bonchev–Trinajstić information content (AvgIpc) is 2.43. The second-order valence-corrected chi connectivity index (χ2v) is 7.42. The summed E-state index contributed by atoms with van der Waals surface area (Å²) in [6.07, 6.45) is 17.2. The number of hydrogen-bond donors (Lipinski definition) is 1. The third kappa shape index (κ3) is 5.90. The predicted octanol–water partition coefficient (Wildman–Crippen LogP) is 4.75.